The summed E-state index contributed by atoms with van der Waals surface area (Å²) in [6, 6.07) is 8.20. The first-order valence-corrected chi connectivity index (χ1v) is 7.14. The monoisotopic (exact) mass is 247 g/mol. The van der Waals surface area contributed by atoms with Gasteiger partial charge in [0.25, 0.3) is 0 Å². The molecule has 0 amide bonds. The van der Waals surface area contributed by atoms with Crippen LogP contribution in [0.5, 0.6) is 5.75 Å². The van der Waals surface area contributed by atoms with Crippen molar-refractivity contribution in [1.82, 2.24) is 5.32 Å². The number of hydrogen-bond donors (Lipinski definition) is 2. The number of aromatic hydroxyl groups is 1. The normalized spacial score (nSPS) is 25.9. The van der Waals surface area contributed by atoms with Crippen LogP contribution in [0.4, 0.5) is 0 Å². The van der Waals surface area contributed by atoms with Gasteiger partial charge < -0.3 is 10.4 Å². The molecule has 1 aromatic rings. The Labute approximate surface area is 110 Å². The lowest BCUT2D eigenvalue weighted by Gasteiger charge is -2.32. The molecule has 1 aromatic carbocycles. The van der Waals surface area contributed by atoms with E-state index in [1.165, 1.54) is 31.2 Å². The van der Waals surface area contributed by atoms with Gasteiger partial charge in [-0.25, -0.2) is 0 Å². The van der Waals surface area contributed by atoms with E-state index in [2.05, 4.69) is 19.3 Å². The van der Waals surface area contributed by atoms with Crippen molar-refractivity contribution in [2.75, 3.05) is 7.05 Å². The molecule has 2 heteroatoms. The van der Waals surface area contributed by atoms with Crippen LogP contribution in [-0.2, 0) is 6.42 Å². The van der Waals surface area contributed by atoms with Gasteiger partial charge in [0.1, 0.15) is 5.75 Å². The van der Waals surface area contributed by atoms with E-state index in [-0.39, 0.29) is 0 Å². The Morgan fingerprint density at radius 3 is 2.33 bits per heavy atom. The van der Waals surface area contributed by atoms with Gasteiger partial charge in [0.2, 0.25) is 0 Å². The molecule has 1 saturated carbocycles. The molecular formula is C16H25NO. The summed E-state index contributed by atoms with van der Waals surface area (Å²) in [4.78, 5) is 0. The van der Waals surface area contributed by atoms with Gasteiger partial charge in [-0.1, -0.05) is 31.9 Å². The zero-order valence-corrected chi connectivity index (χ0v) is 11.5. The Morgan fingerprint density at radius 2 is 1.78 bits per heavy atom. The predicted molar refractivity (Wildman–Crippen MR) is 75.8 cm³/mol. The van der Waals surface area contributed by atoms with Crippen LogP contribution in [0.3, 0.4) is 0 Å². The molecule has 18 heavy (non-hydrogen) atoms. The van der Waals surface area contributed by atoms with Gasteiger partial charge >= 0.3 is 0 Å². The summed E-state index contributed by atoms with van der Waals surface area (Å²) in [6.45, 7) is 2.37. The fourth-order valence-electron chi connectivity index (χ4n) is 3.08. The second-order valence-corrected chi connectivity index (χ2v) is 5.79. The number of phenolic OH excluding ortho intramolecular Hbond substituents is 1. The van der Waals surface area contributed by atoms with Gasteiger partial charge in [-0.15, -0.1) is 0 Å². The largest absolute Gasteiger partial charge is 0.508 e. The van der Waals surface area contributed by atoms with Crippen molar-refractivity contribution in [2.45, 2.75) is 45.1 Å². The number of hydrogen-bond acceptors (Lipinski definition) is 2. The fraction of sp³-hybridized carbons (Fsp3) is 0.625. The maximum atomic E-state index is 9.31. The van der Waals surface area contributed by atoms with Crippen LogP contribution < -0.4 is 5.32 Å². The van der Waals surface area contributed by atoms with E-state index in [1.807, 2.05) is 12.1 Å². The highest BCUT2D eigenvalue weighted by atomic mass is 16.3. The second kappa shape index (κ2) is 6.24. The summed E-state index contributed by atoms with van der Waals surface area (Å²) in [6.07, 6.45) is 6.52. The van der Waals surface area contributed by atoms with E-state index < -0.39 is 0 Å². The lowest BCUT2D eigenvalue weighted by molar-refractivity contribution is 0.235. The molecule has 1 unspecified atom stereocenters. The van der Waals surface area contributed by atoms with Crippen LogP contribution >= 0.6 is 0 Å². The highest BCUT2D eigenvalue weighted by molar-refractivity contribution is 5.26. The minimum atomic E-state index is 0.353. The van der Waals surface area contributed by atoms with Crippen molar-refractivity contribution >= 4 is 0 Å². The molecule has 2 rings (SSSR count). The average molecular weight is 247 g/mol. The first kappa shape index (κ1) is 13.4. The Balaban J connectivity index is 1.94. The van der Waals surface area contributed by atoms with Crippen LogP contribution in [0.2, 0.25) is 0 Å². The molecule has 1 fully saturated rings. The third kappa shape index (κ3) is 3.49. The van der Waals surface area contributed by atoms with Gasteiger partial charge in [0.05, 0.1) is 0 Å². The summed E-state index contributed by atoms with van der Waals surface area (Å²) < 4.78 is 0. The van der Waals surface area contributed by atoms with Crippen molar-refractivity contribution < 1.29 is 5.11 Å². The third-order valence-corrected chi connectivity index (χ3v) is 4.39. The quantitative estimate of drug-likeness (QED) is 0.855. The van der Waals surface area contributed by atoms with Gasteiger partial charge in [-0.2, -0.15) is 0 Å². The fourth-order valence-corrected chi connectivity index (χ4v) is 3.08. The Bertz CT molecular complexity index is 352. The molecule has 100 valence electrons. The van der Waals surface area contributed by atoms with Crippen LogP contribution in [0.1, 0.15) is 38.2 Å². The van der Waals surface area contributed by atoms with Gasteiger partial charge in [-0.3, -0.25) is 0 Å². The molecule has 0 spiro atoms. The molecule has 0 aromatic heterocycles. The molecule has 2 N–H and O–H groups in total. The van der Waals surface area contributed by atoms with E-state index in [4.69, 9.17) is 0 Å². The van der Waals surface area contributed by atoms with Crippen molar-refractivity contribution in [3.05, 3.63) is 29.8 Å². The van der Waals surface area contributed by atoms with Crippen molar-refractivity contribution in [1.29, 1.82) is 0 Å². The molecule has 0 saturated heterocycles. The third-order valence-electron chi connectivity index (χ3n) is 4.39. The maximum absolute atomic E-state index is 9.31. The topological polar surface area (TPSA) is 32.3 Å². The average Bonchev–Trinajstić information content (AvgIpc) is 2.39. The van der Waals surface area contributed by atoms with E-state index in [0.29, 0.717) is 11.8 Å². The van der Waals surface area contributed by atoms with Gasteiger partial charge in [0, 0.05) is 6.04 Å². The number of phenols is 1. The zero-order chi connectivity index (χ0) is 13.0. The van der Waals surface area contributed by atoms with Crippen LogP contribution in [0.25, 0.3) is 0 Å². The second-order valence-electron chi connectivity index (χ2n) is 5.79. The standard InChI is InChI=1S/C16H25NO/c1-12-3-7-14(8-4-12)16(17-2)11-13-5-9-15(18)10-6-13/h5-6,9-10,12,14,16-18H,3-4,7-8,11H2,1-2H3. The Morgan fingerprint density at radius 1 is 1.17 bits per heavy atom. The number of nitrogens with one attached hydrogen (secondary N) is 1. The van der Waals surface area contributed by atoms with E-state index in [9.17, 15) is 5.11 Å². The lowest BCUT2D eigenvalue weighted by Crippen LogP contribution is -2.37. The molecule has 0 heterocycles. The lowest BCUT2D eigenvalue weighted by atomic mass is 9.78. The van der Waals surface area contributed by atoms with Crippen LogP contribution in [0, 0.1) is 11.8 Å². The maximum Gasteiger partial charge on any atom is 0.115 e. The summed E-state index contributed by atoms with van der Waals surface area (Å²) in [7, 11) is 2.07. The molecule has 1 aliphatic rings. The number of benzene rings is 1. The summed E-state index contributed by atoms with van der Waals surface area (Å²) in [5.41, 5.74) is 1.31. The summed E-state index contributed by atoms with van der Waals surface area (Å²) in [5.74, 6) is 2.07. The molecule has 0 bridgehead atoms. The first-order chi connectivity index (χ1) is 8.69. The molecular weight excluding hydrogens is 222 g/mol. The van der Waals surface area contributed by atoms with Crippen molar-refractivity contribution in [2.24, 2.45) is 11.8 Å². The van der Waals surface area contributed by atoms with Gasteiger partial charge in [0.15, 0.2) is 0 Å². The highest BCUT2D eigenvalue weighted by Gasteiger charge is 2.25. The highest BCUT2D eigenvalue weighted by Crippen LogP contribution is 2.31. The van der Waals surface area contributed by atoms with Crippen molar-refractivity contribution in [3.63, 3.8) is 0 Å². The first-order valence-electron chi connectivity index (χ1n) is 7.14. The number of rotatable bonds is 4. The summed E-state index contributed by atoms with van der Waals surface area (Å²) in [5, 5.41) is 12.8. The minimum absolute atomic E-state index is 0.353. The van der Waals surface area contributed by atoms with E-state index in [1.54, 1.807) is 12.1 Å². The zero-order valence-electron chi connectivity index (χ0n) is 11.5. The number of likely N-dealkylation sites (N-methyl/N-ethyl adjacent to an activating group) is 1. The van der Waals surface area contributed by atoms with Crippen LogP contribution in [-0.4, -0.2) is 18.2 Å². The SMILES string of the molecule is CNC(Cc1ccc(O)cc1)C1CCC(C)CC1. The molecule has 1 aliphatic carbocycles. The Hall–Kier alpha value is -1.02. The summed E-state index contributed by atoms with van der Waals surface area (Å²) >= 11 is 0. The minimum Gasteiger partial charge on any atom is -0.508 e. The van der Waals surface area contributed by atoms with Crippen LogP contribution in [0.15, 0.2) is 24.3 Å². The predicted octanol–water partition coefficient (Wildman–Crippen LogP) is 3.35. The molecule has 0 aliphatic heterocycles. The van der Waals surface area contributed by atoms with E-state index in [0.717, 1.165) is 18.3 Å². The molecule has 1 atom stereocenters. The molecule has 0 radical (unpaired) electrons. The smallest absolute Gasteiger partial charge is 0.115 e. The molecule has 2 nitrogen and oxygen atoms in total. The van der Waals surface area contributed by atoms with E-state index >= 15 is 0 Å². The Kier molecular flexibility index (Phi) is 4.65. The van der Waals surface area contributed by atoms with Gasteiger partial charge in [-0.05, 0) is 55.8 Å². The van der Waals surface area contributed by atoms with Crippen molar-refractivity contribution in [3.8, 4) is 5.75 Å².